The predicted molar refractivity (Wildman–Crippen MR) is 77.4 cm³/mol. The monoisotopic (exact) mass is 380 g/mol. The molecule has 0 aromatic heterocycles. The summed E-state index contributed by atoms with van der Waals surface area (Å²) in [6, 6.07) is 1.87. The van der Waals surface area contributed by atoms with Gasteiger partial charge in [-0.15, -0.1) is 0 Å². The summed E-state index contributed by atoms with van der Waals surface area (Å²) in [7, 11) is -4.02. The molecule has 1 aromatic rings. The van der Waals surface area contributed by atoms with Gasteiger partial charge in [0.1, 0.15) is 16.5 Å². The number of nitrogens with zero attached hydrogens (tertiary/aromatic N) is 1. The highest BCUT2D eigenvalue weighted by Crippen LogP contribution is 2.31. The van der Waals surface area contributed by atoms with Crippen LogP contribution in [0.4, 0.5) is 8.78 Å². The van der Waals surface area contributed by atoms with Gasteiger partial charge in [-0.2, -0.15) is 0 Å². The molecule has 4 nitrogen and oxygen atoms in total. The lowest BCUT2D eigenvalue weighted by Crippen LogP contribution is -2.38. The number of likely N-dealkylation sites (tertiary alicyclic amines) is 1. The van der Waals surface area contributed by atoms with Gasteiger partial charge in [0.2, 0.25) is 10.0 Å². The maximum absolute atomic E-state index is 13.8. The molecule has 0 radical (unpaired) electrons. The molecule has 1 saturated carbocycles. The summed E-state index contributed by atoms with van der Waals surface area (Å²) in [6.45, 7) is 1.50. The summed E-state index contributed by atoms with van der Waals surface area (Å²) in [5, 5.41) is 0. The third-order valence-corrected chi connectivity index (χ3v) is 6.32. The fourth-order valence-corrected chi connectivity index (χ4v) is 5.15. The quantitative estimate of drug-likeness (QED) is 0.871. The van der Waals surface area contributed by atoms with Gasteiger partial charge in [0.15, 0.2) is 0 Å². The van der Waals surface area contributed by atoms with Crippen molar-refractivity contribution in [3.63, 3.8) is 0 Å². The van der Waals surface area contributed by atoms with Crippen LogP contribution in [0.15, 0.2) is 21.5 Å². The van der Waals surface area contributed by atoms with Gasteiger partial charge in [-0.1, -0.05) is 0 Å². The number of sulfonamides is 1. The van der Waals surface area contributed by atoms with Crippen LogP contribution in [-0.4, -0.2) is 38.5 Å². The average molecular weight is 381 g/mol. The summed E-state index contributed by atoms with van der Waals surface area (Å²) in [5.41, 5.74) is 0. The van der Waals surface area contributed by atoms with Gasteiger partial charge in [-0.25, -0.2) is 21.9 Å². The molecule has 0 amide bonds. The van der Waals surface area contributed by atoms with Crippen LogP contribution in [0.25, 0.3) is 0 Å². The molecule has 1 N–H and O–H groups in total. The van der Waals surface area contributed by atoms with E-state index in [1.165, 1.54) is 0 Å². The second kappa shape index (κ2) is 5.57. The van der Waals surface area contributed by atoms with Crippen LogP contribution in [0.5, 0.6) is 0 Å². The van der Waals surface area contributed by atoms with Crippen LogP contribution in [0.2, 0.25) is 0 Å². The van der Waals surface area contributed by atoms with Gasteiger partial charge >= 0.3 is 0 Å². The zero-order chi connectivity index (χ0) is 15.2. The first-order chi connectivity index (χ1) is 9.87. The van der Waals surface area contributed by atoms with E-state index in [4.69, 9.17) is 0 Å². The van der Waals surface area contributed by atoms with Crippen molar-refractivity contribution in [2.45, 2.75) is 36.2 Å². The van der Waals surface area contributed by atoms with Gasteiger partial charge in [0, 0.05) is 35.7 Å². The van der Waals surface area contributed by atoms with Crippen LogP contribution in [0, 0.1) is 11.6 Å². The van der Waals surface area contributed by atoms with E-state index in [1.807, 2.05) is 0 Å². The highest BCUT2D eigenvalue weighted by Gasteiger charge is 2.36. The highest BCUT2D eigenvalue weighted by atomic mass is 79.9. The van der Waals surface area contributed by atoms with E-state index in [2.05, 4.69) is 25.6 Å². The molecule has 116 valence electrons. The fraction of sp³-hybridized carbons (Fsp3) is 0.538. The molecule has 21 heavy (non-hydrogen) atoms. The number of rotatable bonds is 4. The maximum atomic E-state index is 13.8. The Kier molecular flexibility index (Phi) is 4.06. The number of benzene rings is 1. The molecule has 1 heterocycles. The normalized spacial score (nSPS) is 23.7. The average Bonchev–Trinajstić information content (AvgIpc) is 3.09. The van der Waals surface area contributed by atoms with Gasteiger partial charge in [0.05, 0.1) is 0 Å². The largest absolute Gasteiger partial charge is 0.299 e. The summed E-state index contributed by atoms with van der Waals surface area (Å²) in [4.78, 5) is 1.72. The number of hydrogen-bond donors (Lipinski definition) is 1. The first kappa shape index (κ1) is 15.3. The Balaban J connectivity index is 1.78. The minimum Gasteiger partial charge on any atom is -0.299 e. The van der Waals surface area contributed by atoms with Gasteiger partial charge in [-0.05, 0) is 41.3 Å². The molecule has 1 unspecified atom stereocenters. The van der Waals surface area contributed by atoms with E-state index in [1.54, 1.807) is 0 Å². The van der Waals surface area contributed by atoms with E-state index >= 15 is 0 Å². The zero-order valence-corrected chi connectivity index (χ0v) is 13.6. The molecule has 2 aliphatic rings. The lowest BCUT2D eigenvalue weighted by Gasteiger charge is -2.16. The maximum Gasteiger partial charge on any atom is 0.244 e. The van der Waals surface area contributed by atoms with Crippen LogP contribution < -0.4 is 4.72 Å². The van der Waals surface area contributed by atoms with E-state index in [0.29, 0.717) is 25.1 Å². The lowest BCUT2D eigenvalue weighted by molar-refractivity contribution is 0.322. The van der Waals surface area contributed by atoms with Crippen molar-refractivity contribution in [1.82, 2.24) is 9.62 Å². The highest BCUT2D eigenvalue weighted by molar-refractivity contribution is 9.10. The van der Waals surface area contributed by atoms with Crippen molar-refractivity contribution in [3.05, 3.63) is 28.2 Å². The van der Waals surface area contributed by atoms with E-state index in [9.17, 15) is 17.2 Å². The molecule has 1 aromatic carbocycles. The number of hydrogen-bond acceptors (Lipinski definition) is 3. The smallest absolute Gasteiger partial charge is 0.244 e. The van der Waals surface area contributed by atoms with Crippen molar-refractivity contribution in [2.24, 2.45) is 0 Å². The van der Waals surface area contributed by atoms with Crippen LogP contribution in [0.3, 0.4) is 0 Å². The van der Waals surface area contributed by atoms with Gasteiger partial charge < -0.3 is 0 Å². The van der Waals surface area contributed by atoms with Crippen LogP contribution in [0.1, 0.15) is 19.3 Å². The van der Waals surface area contributed by atoms with Crippen molar-refractivity contribution in [1.29, 1.82) is 0 Å². The molecule has 1 aliphatic carbocycles. The number of halogens is 3. The Hall–Kier alpha value is -0.570. The summed E-state index contributed by atoms with van der Waals surface area (Å²) in [5.74, 6) is -1.91. The minimum absolute atomic E-state index is 0.107. The van der Waals surface area contributed by atoms with Crippen LogP contribution in [-0.2, 0) is 10.0 Å². The summed E-state index contributed by atoms with van der Waals surface area (Å²) in [6.07, 6.45) is 3.03. The number of nitrogens with one attached hydrogen (secondary N) is 1. The fourth-order valence-electron chi connectivity index (χ4n) is 2.72. The molecular weight excluding hydrogens is 366 g/mol. The Morgan fingerprint density at radius 3 is 2.57 bits per heavy atom. The predicted octanol–water partition coefficient (Wildman–Crippen LogP) is 2.24. The minimum atomic E-state index is -4.02. The van der Waals surface area contributed by atoms with Crippen molar-refractivity contribution in [2.75, 3.05) is 13.1 Å². The molecule has 0 spiro atoms. The Labute approximate surface area is 130 Å². The molecular formula is C13H15BrF2N2O2S. The first-order valence-corrected chi connectivity index (χ1v) is 9.05. The first-order valence-electron chi connectivity index (χ1n) is 6.78. The van der Waals surface area contributed by atoms with Crippen molar-refractivity contribution < 1.29 is 17.2 Å². The zero-order valence-electron chi connectivity index (χ0n) is 11.2. The molecule has 1 atom stereocenters. The van der Waals surface area contributed by atoms with E-state index in [-0.39, 0.29) is 10.5 Å². The Morgan fingerprint density at radius 1 is 1.24 bits per heavy atom. The SMILES string of the molecule is O=S(=O)(NC1CCN(C2CC2)C1)c1c(F)cc(F)cc1Br. The third kappa shape index (κ3) is 3.28. The van der Waals surface area contributed by atoms with Gasteiger partial charge in [-0.3, -0.25) is 4.90 Å². The second-order valence-electron chi connectivity index (χ2n) is 5.53. The molecule has 1 aliphatic heterocycles. The molecule has 0 bridgehead atoms. The Bertz CT molecular complexity index is 641. The Morgan fingerprint density at radius 2 is 1.95 bits per heavy atom. The topological polar surface area (TPSA) is 49.4 Å². The molecule has 3 rings (SSSR count). The van der Waals surface area contributed by atoms with Crippen LogP contribution >= 0.6 is 15.9 Å². The van der Waals surface area contributed by atoms with Crippen molar-refractivity contribution in [3.8, 4) is 0 Å². The lowest BCUT2D eigenvalue weighted by atomic mass is 10.3. The van der Waals surface area contributed by atoms with E-state index < -0.39 is 26.6 Å². The summed E-state index contributed by atoms with van der Waals surface area (Å²) >= 11 is 2.92. The summed E-state index contributed by atoms with van der Waals surface area (Å²) < 4.78 is 53.9. The molecule has 1 saturated heterocycles. The molecule has 8 heteroatoms. The third-order valence-electron chi connectivity index (χ3n) is 3.84. The molecule has 2 fully saturated rings. The van der Waals surface area contributed by atoms with E-state index in [0.717, 1.165) is 25.5 Å². The second-order valence-corrected chi connectivity index (χ2v) is 8.04. The standard InChI is InChI=1S/C13H15BrF2N2O2S/c14-11-5-8(15)6-12(16)13(11)21(19,20)17-9-3-4-18(7-9)10-1-2-10/h5-6,9-10,17H,1-4,7H2. The van der Waals surface area contributed by atoms with Crippen molar-refractivity contribution >= 4 is 26.0 Å². The van der Waals surface area contributed by atoms with Gasteiger partial charge in [0.25, 0.3) is 0 Å².